The summed E-state index contributed by atoms with van der Waals surface area (Å²) in [5.74, 6) is 1.61. The van der Waals surface area contributed by atoms with Gasteiger partial charge in [0.05, 0.1) is 18.2 Å². The van der Waals surface area contributed by atoms with Gasteiger partial charge in [0.2, 0.25) is 11.8 Å². The topological polar surface area (TPSA) is 102 Å². The highest BCUT2D eigenvalue weighted by Gasteiger charge is 2.35. The van der Waals surface area contributed by atoms with Crippen molar-refractivity contribution in [3.8, 4) is 17.2 Å². The van der Waals surface area contributed by atoms with E-state index in [1.807, 2.05) is 74.5 Å². The molecule has 0 saturated carbocycles. The molecule has 2 aromatic heterocycles. The van der Waals surface area contributed by atoms with Crippen LogP contribution in [0.3, 0.4) is 0 Å². The average Bonchev–Trinajstić information content (AvgIpc) is 3.29. The second kappa shape index (κ2) is 11.5. The monoisotopic (exact) mass is 512 g/mol. The van der Waals surface area contributed by atoms with Gasteiger partial charge >= 0.3 is 5.97 Å². The average molecular weight is 513 g/mol. The van der Waals surface area contributed by atoms with E-state index in [9.17, 15) is 9.90 Å². The first-order valence-corrected chi connectivity index (χ1v) is 13.0. The van der Waals surface area contributed by atoms with Crippen molar-refractivity contribution < 1.29 is 19.1 Å². The Morgan fingerprint density at radius 1 is 1.11 bits per heavy atom. The van der Waals surface area contributed by atoms with Crippen molar-refractivity contribution in [2.75, 3.05) is 24.6 Å². The van der Waals surface area contributed by atoms with E-state index >= 15 is 0 Å². The summed E-state index contributed by atoms with van der Waals surface area (Å²) in [7, 11) is 0. The van der Waals surface area contributed by atoms with E-state index < -0.39 is 11.9 Å². The predicted octanol–water partition coefficient (Wildman–Crippen LogP) is 5.14. The molecule has 38 heavy (non-hydrogen) atoms. The van der Waals surface area contributed by atoms with Gasteiger partial charge in [0.1, 0.15) is 11.5 Å². The maximum atomic E-state index is 12.0. The number of carbonyl (C=O) groups is 1. The summed E-state index contributed by atoms with van der Waals surface area (Å²) in [6.45, 7) is 5.55. The van der Waals surface area contributed by atoms with E-state index in [4.69, 9.17) is 9.15 Å². The van der Waals surface area contributed by atoms with Gasteiger partial charge in [0.15, 0.2) is 0 Å². The lowest BCUT2D eigenvalue weighted by molar-refractivity contribution is -0.144. The molecule has 1 fully saturated rings. The number of benzene rings is 2. The smallest absolute Gasteiger partial charge is 0.306 e. The molecule has 1 aliphatic rings. The number of aliphatic carboxylic acids is 1. The third-order valence-corrected chi connectivity index (χ3v) is 7.03. The Labute approximate surface area is 222 Å². The van der Waals surface area contributed by atoms with Crippen molar-refractivity contribution in [1.29, 1.82) is 0 Å². The molecule has 8 nitrogen and oxygen atoms in total. The Balaban J connectivity index is 1.22. The van der Waals surface area contributed by atoms with E-state index in [1.54, 1.807) is 6.20 Å². The highest BCUT2D eigenvalue weighted by molar-refractivity contribution is 5.71. The van der Waals surface area contributed by atoms with Crippen LogP contribution in [-0.4, -0.2) is 45.7 Å². The molecule has 0 radical (unpaired) electrons. The maximum absolute atomic E-state index is 12.0. The number of carboxylic acid groups (broad SMARTS) is 1. The lowest BCUT2D eigenvalue weighted by Crippen LogP contribution is -2.44. The van der Waals surface area contributed by atoms with Crippen LogP contribution in [0.1, 0.15) is 29.1 Å². The summed E-state index contributed by atoms with van der Waals surface area (Å²) >= 11 is 0. The van der Waals surface area contributed by atoms with Crippen LogP contribution in [0.15, 0.2) is 71.3 Å². The van der Waals surface area contributed by atoms with Crippen molar-refractivity contribution >= 4 is 11.9 Å². The fourth-order valence-corrected chi connectivity index (χ4v) is 5.03. The molecule has 0 spiro atoms. The summed E-state index contributed by atoms with van der Waals surface area (Å²) in [5, 5.41) is 9.88. The molecule has 2 aromatic carbocycles. The van der Waals surface area contributed by atoms with E-state index in [0.717, 1.165) is 34.0 Å². The molecule has 1 aliphatic heterocycles. The number of rotatable bonds is 9. The highest BCUT2D eigenvalue weighted by Crippen LogP contribution is 2.30. The molecule has 0 unspecified atom stereocenters. The van der Waals surface area contributed by atoms with Crippen LogP contribution in [0.4, 0.5) is 5.95 Å². The Kier molecular flexibility index (Phi) is 7.67. The van der Waals surface area contributed by atoms with Crippen molar-refractivity contribution in [2.45, 2.75) is 33.1 Å². The van der Waals surface area contributed by atoms with E-state index in [2.05, 4.69) is 19.9 Å². The summed E-state index contributed by atoms with van der Waals surface area (Å²) in [6.07, 6.45) is 3.58. The minimum Gasteiger partial charge on any atom is -0.493 e. The van der Waals surface area contributed by atoms with E-state index in [-0.39, 0.29) is 5.92 Å². The Bertz CT molecular complexity index is 1390. The van der Waals surface area contributed by atoms with Crippen LogP contribution in [0, 0.1) is 25.7 Å². The number of ether oxygens (including phenoxy) is 1. The van der Waals surface area contributed by atoms with Gasteiger partial charge in [0.25, 0.3) is 0 Å². The first kappa shape index (κ1) is 25.4. The molecule has 3 heterocycles. The molecule has 0 bridgehead atoms. The van der Waals surface area contributed by atoms with Gasteiger partial charge in [0, 0.05) is 37.0 Å². The SMILES string of the molecule is Cc1ccnc(N2CC[C@H](C(=O)O)[C@H](Cc3cccc(OCCc4nc(-c5ccccc5)oc4C)c3)C2)n1. The molecule has 0 aliphatic carbocycles. The zero-order valence-electron chi connectivity index (χ0n) is 21.7. The van der Waals surface area contributed by atoms with Crippen LogP contribution in [-0.2, 0) is 17.6 Å². The fourth-order valence-electron chi connectivity index (χ4n) is 5.03. The second-order valence-corrected chi connectivity index (χ2v) is 9.78. The molecule has 2 atom stereocenters. The number of aromatic nitrogens is 3. The number of carboxylic acids is 1. The highest BCUT2D eigenvalue weighted by atomic mass is 16.5. The maximum Gasteiger partial charge on any atom is 0.306 e. The van der Waals surface area contributed by atoms with E-state index in [0.29, 0.717) is 50.8 Å². The molecule has 1 N–H and O–H groups in total. The van der Waals surface area contributed by atoms with E-state index in [1.165, 1.54) is 0 Å². The Morgan fingerprint density at radius 3 is 2.74 bits per heavy atom. The molecule has 0 amide bonds. The van der Waals surface area contributed by atoms with Gasteiger partial charge < -0.3 is 19.2 Å². The normalized spacial score (nSPS) is 17.4. The summed E-state index contributed by atoms with van der Waals surface area (Å²) < 4.78 is 11.9. The number of hydrogen-bond acceptors (Lipinski definition) is 7. The molecule has 8 heteroatoms. The third kappa shape index (κ3) is 6.02. The first-order valence-electron chi connectivity index (χ1n) is 13.0. The third-order valence-electron chi connectivity index (χ3n) is 7.03. The largest absolute Gasteiger partial charge is 0.493 e. The molecular formula is C30H32N4O4. The summed E-state index contributed by atoms with van der Waals surface area (Å²) in [5.41, 5.74) is 3.78. The molecule has 196 valence electrons. The number of nitrogens with zero attached hydrogens (tertiary/aromatic N) is 4. The van der Waals surface area contributed by atoms with Crippen LogP contribution < -0.4 is 9.64 Å². The van der Waals surface area contributed by atoms with Crippen LogP contribution in [0.2, 0.25) is 0 Å². The number of anilines is 1. The number of aryl methyl sites for hydroxylation is 2. The summed E-state index contributed by atoms with van der Waals surface area (Å²) in [4.78, 5) is 27.7. The van der Waals surface area contributed by atoms with Gasteiger partial charge in [-0.3, -0.25) is 4.79 Å². The number of piperidine rings is 1. The number of hydrogen-bond donors (Lipinski definition) is 1. The summed E-state index contributed by atoms with van der Waals surface area (Å²) in [6, 6.07) is 19.6. The van der Waals surface area contributed by atoms with Crippen LogP contribution in [0.5, 0.6) is 5.75 Å². The van der Waals surface area contributed by atoms with Crippen molar-refractivity contribution in [1.82, 2.24) is 15.0 Å². The zero-order chi connectivity index (χ0) is 26.5. The van der Waals surface area contributed by atoms with Gasteiger partial charge in [-0.15, -0.1) is 0 Å². The Morgan fingerprint density at radius 2 is 1.95 bits per heavy atom. The van der Waals surface area contributed by atoms with Crippen LogP contribution >= 0.6 is 0 Å². The zero-order valence-corrected chi connectivity index (χ0v) is 21.7. The minimum absolute atomic E-state index is 0.0604. The second-order valence-electron chi connectivity index (χ2n) is 9.78. The lowest BCUT2D eigenvalue weighted by atomic mass is 9.81. The predicted molar refractivity (Wildman–Crippen MR) is 144 cm³/mol. The van der Waals surface area contributed by atoms with Gasteiger partial charge in [-0.1, -0.05) is 30.3 Å². The van der Waals surface area contributed by atoms with Crippen molar-refractivity contribution in [2.24, 2.45) is 11.8 Å². The molecule has 5 rings (SSSR count). The van der Waals surface area contributed by atoms with Gasteiger partial charge in [-0.05, 0) is 68.5 Å². The molecule has 4 aromatic rings. The van der Waals surface area contributed by atoms with Crippen LogP contribution in [0.25, 0.3) is 11.5 Å². The quantitative estimate of drug-likeness (QED) is 0.329. The van der Waals surface area contributed by atoms with Crippen molar-refractivity contribution in [3.05, 3.63) is 89.6 Å². The standard InChI is InChI=1S/C30H32N4O4/c1-20-11-14-31-30(32-20)34-15-12-26(29(35)36)24(19-34)17-22-7-6-10-25(18-22)37-16-13-27-21(2)38-28(33-27)23-8-4-3-5-9-23/h3-11,14,18,24,26H,12-13,15-17,19H2,1-2H3,(H,35,36)/t24-,26+/m1/s1. The molecular weight excluding hydrogens is 480 g/mol. The lowest BCUT2D eigenvalue weighted by Gasteiger charge is -2.37. The molecule has 1 saturated heterocycles. The minimum atomic E-state index is -0.745. The Hall–Kier alpha value is -4.20. The fraction of sp³-hybridized carbons (Fsp3) is 0.333. The number of oxazole rings is 1. The van der Waals surface area contributed by atoms with Gasteiger partial charge in [-0.25, -0.2) is 15.0 Å². The van der Waals surface area contributed by atoms with Gasteiger partial charge in [-0.2, -0.15) is 0 Å². The first-order chi connectivity index (χ1) is 18.5. The van der Waals surface area contributed by atoms with Crippen molar-refractivity contribution in [3.63, 3.8) is 0 Å².